The molecule has 2 heterocycles. The van der Waals surface area contributed by atoms with Gasteiger partial charge in [-0.15, -0.1) is 16.4 Å². The van der Waals surface area contributed by atoms with Crippen molar-refractivity contribution in [3.8, 4) is 5.69 Å². The standard InChI is InChI=1S/C19H14ClFN6OS2/c1-12(28)26(17-5-3-2-4-16(17)21)18-22-14(10-29-18)11-30-19-23-24-25-27(19)15-8-6-13(20)7-9-15/h2-10H,11H2,1H3. The molecule has 0 aliphatic rings. The van der Waals surface area contributed by atoms with Gasteiger partial charge in [-0.05, 0) is 46.8 Å². The number of carbonyl (C=O) groups is 1. The van der Waals surface area contributed by atoms with E-state index in [1.54, 1.807) is 35.0 Å². The first-order valence-corrected chi connectivity index (χ1v) is 10.9. The Morgan fingerprint density at radius 3 is 2.73 bits per heavy atom. The number of tetrazole rings is 1. The number of thioether (sulfide) groups is 1. The lowest BCUT2D eigenvalue weighted by Crippen LogP contribution is -2.23. The van der Waals surface area contributed by atoms with Crippen LogP contribution in [-0.4, -0.2) is 31.1 Å². The highest BCUT2D eigenvalue weighted by molar-refractivity contribution is 7.98. The Morgan fingerprint density at radius 1 is 1.23 bits per heavy atom. The summed E-state index contributed by atoms with van der Waals surface area (Å²) < 4.78 is 15.8. The zero-order chi connectivity index (χ0) is 21.1. The second kappa shape index (κ2) is 8.90. The van der Waals surface area contributed by atoms with Crippen molar-refractivity contribution < 1.29 is 9.18 Å². The molecule has 0 aliphatic heterocycles. The van der Waals surface area contributed by atoms with Gasteiger partial charge in [0.2, 0.25) is 11.1 Å². The molecule has 152 valence electrons. The van der Waals surface area contributed by atoms with Crippen molar-refractivity contribution in [3.63, 3.8) is 0 Å². The van der Waals surface area contributed by atoms with Crippen LogP contribution in [-0.2, 0) is 10.5 Å². The predicted molar refractivity (Wildman–Crippen MR) is 115 cm³/mol. The Labute approximate surface area is 184 Å². The maximum atomic E-state index is 14.2. The van der Waals surface area contributed by atoms with Crippen LogP contribution in [0, 0.1) is 5.82 Å². The molecule has 7 nitrogen and oxygen atoms in total. The Balaban J connectivity index is 1.52. The fraction of sp³-hybridized carbons (Fsp3) is 0.105. The smallest absolute Gasteiger partial charge is 0.230 e. The first kappa shape index (κ1) is 20.5. The van der Waals surface area contributed by atoms with E-state index >= 15 is 0 Å². The monoisotopic (exact) mass is 460 g/mol. The second-order valence-electron chi connectivity index (χ2n) is 6.07. The van der Waals surface area contributed by atoms with Crippen molar-refractivity contribution in [3.05, 3.63) is 70.4 Å². The third-order valence-electron chi connectivity index (χ3n) is 4.00. The van der Waals surface area contributed by atoms with Crippen molar-refractivity contribution in [1.82, 2.24) is 25.2 Å². The topological polar surface area (TPSA) is 76.8 Å². The first-order valence-electron chi connectivity index (χ1n) is 8.69. The van der Waals surface area contributed by atoms with Crippen LogP contribution in [0.4, 0.5) is 15.2 Å². The molecule has 0 radical (unpaired) electrons. The summed E-state index contributed by atoms with van der Waals surface area (Å²) >= 11 is 8.60. The van der Waals surface area contributed by atoms with Gasteiger partial charge < -0.3 is 0 Å². The van der Waals surface area contributed by atoms with Crippen molar-refractivity contribution >= 4 is 51.4 Å². The first-order chi connectivity index (χ1) is 14.5. The zero-order valence-electron chi connectivity index (χ0n) is 15.6. The van der Waals surface area contributed by atoms with Gasteiger partial charge in [0.15, 0.2) is 5.13 Å². The minimum atomic E-state index is -0.485. The van der Waals surface area contributed by atoms with E-state index in [-0.39, 0.29) is 11.6 Å². The molecule has 4 aromatic rings. The molecule has 0 unspecified atom stereocenters. The van der Waals surface area contributed by atoms with E-state index < -0.39 is 5.82 Å². The molecular formula is C19H14ClFN6OS2. The van der Waals surface area contributed by atoms with E-state index in [1.165, 1.54) is 41.0 Å². The minimum absolute atomic E-state index is 0.172. The average Bonchev–Trinajstić information content (AvgIpc) is 3.38. The third-order valence-corrected chi connectivity index (χ3v) is 6.08. The average molecular weight is 461 g/mol. The Morgan fingerprint density at radius 2 is 2.00 bits per heavy atom. The van der Waals surface area contributed by atoms with Crippen molar-refractivity contribution in [2.45, 2.75) is 17.8 Å². The summed E-state index contributed by atoms with van der Waals surface area (Å²) in [5, 5.41) is 15.2. The summed E-state index contributed by atoms with van der Waals surface area (Å²) in [5.41, 5.74) is 1.69. The molecule has 4 rings (SSSR count). The lowest BCUT2D eigenvalue weighted by molar-refractivity contribution is -0.115. The van der Waals surface area contributed by atoms with Gasteiger partial charge in [0.1, 0.15) is 5.82 Å². The number of para-hydroxylation sites is 1. The highest BCUT2D eigenvalue weighted by Gasteiger charge is 2.21. The van der Waals surface area contributed by atoms with Crippen molar-refractivity contribution in [2.24, 2.45) is 0 Å². The molecule has 0 atom stereocenters. The highest BCUT2D eigenvalue weighted by atomic mass is 35.5. The number of hydrogen-bond donors (Lipinski definition) is 0. The fourth-order valence-electron chi connectivity index (χ4n) is 2.66. The normalized spacial score (nSPS) is 10.9. The summed E-state index contributed by atoms with van der Waals surface area (Å²) in [6.07, 6.45) is 0. The van der Waals surface area contributed by atoms with Crippen LogP contribution >= 0.6 is 34.7 Å². The number of benzene rings is 2. The van der Waals surface area contributed by atoms with Gasteiger partial charge in [-0.25, -0.2) is 9.37 Å². The lowest BCUT2D eigenvalue weighted by Gasteiger charge is -2.18. The van der Waals surface area contributed by atoms with Crippen LogP contribution in [0.1, 0.15) is 12.6 Å². The third kappa shape index (κ3) is 4.35. The largest absolute Gasteiger partial charge is 0.274 e. The molecule has 0 aliphatic carbocycles. The van der Waals surface area contributed by atoms with E-state index in [2.05, 4.69) is 20.5 Å². The number of thiazole rings is 1. The molecule has 0 bridgehead atoms. The van der Waals surface area contributed by atoms with Gasteiger partial charge in [0.05, 0.1) is 17.1 Å². The number of rotatable bonds is 6. The summed E-state index contributed by atoms with van der Waals surface area (Å²) in [6.45, 7) is 1.38. The summed E-state index contributed by atoms with van der Waals surface area (Å²) in [5.74, 6) is -0.325. The number of anilines is 2. The van der Waals surface area contributed by atoms with Crippen molar-refractivity contribution in [2.75, 3.05) is 4.90 Å². The van der Waals surface area contributed by atoms with Crippen LogP contribution < -0.4 is 4.90 Å². The Kier molecular flexibility index (Phi) is 6.07. The minimum Gasteiger partial charge on any atom is -0.274 e. The molecule has 0 spiro atoms. The predicted octanol–water partition coefficient (Wildman–Crippen LogP) is 4.89. The lowest BCUT2D eigenvalue weighted by atomic mass is 10.3. The number of nitrogens with zero attached hydrogens (tertiary/aromatic N) is 6. The van der Waals surface area contributed by atoms with Crippen LogP contribution in [0.15, 0.2) is 59.1 Å². The van der Waals surface area contributed by atoms with Gasteiger partial charge in [0.25, 0.3) is 0 Å². The van der Waals surface area contributed by atoms with Crippen LogP contribution in [0.5, 0.6) is 0 Å². The second-order valence-corrected chi connectivity index (χ2v) is 8.28. The molecule has 0 saturated heterocycles. The van der Waals surface area contributed by atoms with E-state index in [9.17, 15) is 9.18 Å². The number of aromatic nitrogens is 5. The highest BCUT2D eigenvalue weighted by Crippen LogP contribution is 2.32. The van der Waals surface area contributed by atoms with Crippen LogP contribution in [0.25, 0.3) is 5.69 Å². The van der Waals surface area contributed by atoms with Gasteiger partial charge in [-0.1, -0.05) is 35.5 Å². The Hall–Kier alpha value is -2.82. The maximum absolute atomic E-state index is 14.2. The molecular weight excluding hydrogens is 447 g/mol. The van der Waals surface area contributed by atoms with Crippen LogP contribution in [0.2, 0.25) is 5.02 Å². The van der Waals surface area contributed by atoms with E-state index in [0.29, 0.717) is 21.1 Å². The summed E-state index contributed by atoms with van der Waals surface area (Å²) in [6, 6.07) is 13.3. The SMILES string of the molecule is CC(=O)N(c1nc(CSc2nnnn2-c2ccc(Cl)cc2)cs1)c1ccccc1F. The number of amides is 1. The molecule has 0 fully saturated rings. The zero-order valence-corrected chi connectivity index (χ0v) is 18.0. The van der Waals surface area contributed by atoms with E-state index in [0.717, 1.165) is 11.4 Å². The number of hydrogen-bond acceptors (Lipinski definition) is 7. The van der Waals surface area contributed by atoms with E-state index in [1.807, 2.05) is 17.5 Å². The molecule has 0 saturated carbocycles. The molecule has 30 heavy (non-hydrogen) atoms. The molecule has 2 aromatic heterocycles. The molecule has 0 N–H and O–H groups in total. The number of carbonyl (C=O) groups excluding carboxylic acids is 1. The quantitative estimate of drug-likeness (QED) is 0.381. The molecule has 1 amide bonds. The van der Waals surface area contributed by atoms with Crippen LogP contribution in [0.3, 0.4) is 0 Å². The van der Waals surface area contributed by atoms with Gasteiger partial charge in [-0.3, -0.25) is 9.69 Å². The number of halogens is 2. The van der Waals surface area contributed by atoms with E-state index in [4.69, 9.17) is 11.6 Å². The van der Waals surface area contributed by atoms with Gasteiger partial charge >= 0.3 is 0 Å². The summed E-state index contributed by atoms with van der Waals surface area (Å²) in [4.78, 5) is 17.9. The van der Waals surface area contributed by atoms with Gasteiger partial charge in [-0.2, -0.15) is 4.68 Å². The fourth-order valence-corrected chi connectivity index (χ4v) is 4.55. The molecule has 11 heteroatoms. The summed E-state index contributed by atoms with van der Waals surface area (Å²) in [7, 11) is 0. The van der Waals surface area contributed by atoms with Crippen molar-refractivity contribution in [1.29, 1.82) is 0 Å². The van der Waals surface area contributed by atoms with Gasteiger partial charge in [0, 0.05) is 23.1 Å². The maximum Gasteiger partial charge on any atom is 0.230 e. The Bertz CT molecular complexity index is 1180. The molecule has 2 aromatic carbocycles.